The Labute approximate surface area is 146 Å². The number of hydrogen-bond donors (Lipinski definition) is 0. The van der Waals surface area contributed by atoms with Crippen molar-refractivity contribution in [3.8, 4) is 11.5 Å². The van der Waals surface area contributed by atoms with Crippen molar-refractivity contribution in [1.82, 2.24) is 0 Å². The predicted octanol–water partition coefficient (Wildman–Crippen LogP) is 3.94. The van der Waals surface area contributed by atoms with Crippen LogP contribution in [-0.4, -0.2) is 46.0 Å². The summed E-state index contributed by atoms with van der Waals surface area (Å²) in [6.45, 7) is 9.97. The highest BCUT2D eigenvalue weighted by Gasteiger charge is 2.13. The van der Waals surface area contributed by atoms with Gasteiger partial charge in [0.15, 0.2) is 17.8 Å². The Morgan fingerprint density at radius 2 is 1.62 bits per heavy atom. The van der Waals surface area contributed by atoms with Crippen molar-refractivity contribution in [2.75, 3.05) is 34.0 Å². The highest BCUT2D eigenvalue weighted by atomic mass is 16.7. The van der Waals surface area contributed by atoms with Crippen LogP contribution in [0.2, 0.25) is 0 Å². The molecule has 0 aliphatic carbocycles. The van der Waals surface area contributed by atoms with Crippen LogP contribution in [0.1, 0.15) is 39.7 Å². The van der Waals surface area contributed by atoms with Crippen molar-refractivity contribution in [2.45, 2.75) is 40.4 Å². The molecule has 0 atom stereocenters. The molecule has 0 amide bonds. The molecule has 0 aromatic heterocycles. The largest absolute Gasteiger partial charge is 0.493 e. The molecule has 0 unspecified atom stereocenters. The number of nitrogens with zero attached hydrogens (tertiary/aromatic N) is 1. The van der Waals surface area contributed by atoms with Crippen LogP contribution in [0.5, 0.6) is 11.5 Å². The lowest BCUT2D eigenvalue weighted by Gasteiger charge is -2.17. The maximum atomic E-state index is 5.58. The van der Waals surface area contributed by atoms with Crippen molar-refractivity contribution in [3.05, 3.63) is 23.8 Å². The van der Waals surface area contributed by atoms with Crippen LogP contribution in [0.4, 0.5) is 0 Å². The van der Waals surface area contributed by atoms with Crippen LogP contribution in [-0.2, 0) is 9.47 Å². The molecule has 0 fully saturated rings. The van der Waals surface area contributed by atoms with E-state index in [4.69, 9.17) is 23.9 Å². The summed E-state index contributed by atoms with van der Waals surface area (Å²) in [7, 11) is 3.27. The van der Waals surface area contributed by atoms with Gasteiger partial charge in [0.1, 0.15) is 0 Å². The van der Waals surface area contributed by atoms with Crippen LogP contribution >= 0.6 is 0 Å². The molecule has 0 aliphatic rings. The third kappa shape index (κ3) is 6.49. The molecule has 0 bridgehead atoms. The first-order chi connectivity index (χ1) is 11.5. The molecule has 24 heavy (non-hydrogen) atoms. The van der Waals surface area contributed by atoms with Crippen LogP contribution in [0.3, 0.4) is 0 Å². The number of ether oxygens (including phenoxy) is 4. The number of hydrogen-bond acceptors (Lipinski definition) is 5. The molecule has 0 N–H and O–H groups in total. The summed E-state index contributed by atoms with van der Waals surface area (Å²) in [6.07, 6.45) is 0.572. The van der Waals surface area contributed by atoms with Gasteiger partial charge < -0.3 is 18.9 Å². The third-order valence-electron chi connectivity index (χ3n) is 3.45. The Bertz CT molecular complexity index is 508. The molecular weight excluding hydrogens is 306 g/mol. The average molecular weight is 337 g/mol. The van der Waals surface area contributed by atoms with Gasteiger partial charge in [-0.1, -0.05) is 13.8 Å². The van der Waals surface area contributed by atoms with E-state index in [9.17, 15) is 0 Å². The van der Waals surface area contributed by atoms with Crippen LogP contribution in [0.15, 0.2) is 23.2 Å². The number of aliphatic imine (C=N–C) groups is 1. The molecule has 136 valence electrons. The molecule has 5 nitrogen and oxygen atoms in total. The lowest BCUT2D eigenvalue weighted by Crippen LogP contribution is -2.22. The molecule has 1 aromatic rings. The Balaban J connectivity index is 3.05. The van der Waals surface area contributed by atoms with E-state index < -0.39 is 0 Å². The van der Waals surface area contributed by atoms with Gasteiger partial charge in [0.05, 0.1) is 20.8 Å². The lowest BCUT2D eigenvalue weighted by molar-refractivity contribution is -0.128. The Kier molecular flexibility index (Phi) is 9.42. The fourth-order valence-corrected chi connectivity index (χ4v) is 2.39. The molecule has 1 aromatic carbocycles. The Morgan fingerprint density at radius 1 is 1.00 bits per heavy atom. The van der Waals surface area contributed by atoms with Crippen molar-refractivity contribution in [1.29, 1.82) is 0 Å². The van der Waals surface area contributed by atoms with Gasteiger partial charge in [-0.05, 0) is 49.9 Å². The predicted molar refractivity (Wildman–Crippen MR) is 97.4 cm³/mol. The first kappa shape index (κ1) is 20.5. The zero-order valence-electron chi connectivity index (χ0n) is 15.8. The van der Waals surface area contributed by atoms with Crippen molar-refractivity contribution >= 4 is 5.71 Å². The summed E-state index contributed by atoms with van der Waals surface area (Å²) in [5.41, 5.74) is 2.06. The van der Waals surface area contributed by atoms with E-state index in [-0.39, 0.29) is 6.29 Å². The zero-order valence-corrected chi connectivity index (χ0v) is 15.8. The van der Waals surface area contributed by atoms with E-state index in [1.54, 1.807) is 14.2 Å². The molecule has 0 spiro atoms. The van der Waals surface area contributed by atoms with E-state index in [1.807, 2.05) is 32.0 Å². The van der Waals surface area contributed by atoms with Gasteiger partial charge in [-0.15, -0.1) is 0 Å². The second-order valence-electron chi connectivity index (χ2n) is 5.80. The van der Waals surface area contributed by atoms with Gasteiger partial charge in [0.25, 0.3) is 0 Å². The Morgan fingerprint density at radius 3 is 2.12 bits per heavy atom. The summed E-state index contributed by atoms with van der Waals surface area (Å²) < 4.78 is 21.9. The SMILES string of the molecule is CCOC(C/N=C(\CC(C)C)c1ccc(OC)c(OC)c1)OCC. The maximum absolute atomic E-state index is 5.58. The summed E-state index contributed by atoms with van der Waals surface area (Å²) in [5.74, 6) is 1.92. The van der Waals surface area contributed by atoms with E-state index in [0.717, 1.165) is 17.7 Å². The maximum Gasteiger partial charge on any atom is 0.176 e. The summed E-state index contributed by atoms with van der Waals surface area (Å²) in [6, 6.07) is 5.89. The van der Waals surface area contributed by atoms with E-state index in [0.29, 0.717) is 37.2 Å². The summed E-state index contributed by atoms with van der Waals surface area (Å²) >= 11 is 0. The van der Waals surface area contributed by atoms with Gasteiger partial charge in [-0.3, -0.25) is 4.99 Å². The highest BCUT2D eigenvalue weighted by Crippen LogP contribution is 2.28. The van der Waals surface area contributed by atoms with Crippen molar-refractivity contribution < 1.29 is 18.9 Å². The average Bonchev–Trinajstić information content (AvgIpc) is 2.57. The first-order valence-corrected chi connectivity index (χ1v) is 8.54. The molecule has 0 heterocycles. The monoisotopic (exact) mass is 337 g/mol. The lowest BCUT2D eigenvalue weighted by atomic mass is 10.00. The first-order valence-electron chi connectivity index (χ1n) is 8.54. The zero-order chi connectivity index (χ0) is 17.9. The third-order valence-corrected chi connectivity index (χ3v) is 3.45. The van der Waals surface area contributed by atoms with Crippen molar-refractivity contribution in [3.63, 3.8) is 0 Å². The fourth-order valence-electron chi connectivity index (χ4n) is 2.39. The molecule has 0 saturated carbocycles. The fraction of sp³-hybridized carbons (Fsp3) is 0.632. The van der Waals surface area contributed by atoms with Crippen molar-refractivity contribution in [2.24, 2.45) is 10.9 Å². The van der Waals surface area contributed by atoms with Gasteiger partial charge in [-0.2, -0.15) is 0 Å². The Hall–Kier alpha value is -1.59. The molecule has 5 heteroatoms. The minimum absolute atomic E-state index is 0.303. The second-order valence-corrected chi connectivity index (χ2v) is 5.80. The van der Waals surface area contributed by atoms with Gasteiger partial charge in [0.2, 0.25) is 0 Å². The van der Waals surface area contributed by atoms with Gasteiger partial charge in [-0.25, -0.2) is 0 Å². The number of benzene rings is 1. The molecule has 0 aliphatic heterocycles. The molecular formula is C19H31NO4. The summed E-state index contributed by atoms with van der Waals surface area (Å²) in [5, 5.41) is 0. The van der Waals surface area contributed by atoms with E-state index in [1.165, 1.54) is 0 Å². The minimum atomic E-state index is -0.303. The highest BCUT2D eigenvalue weighted by molar-refractivity contribution is 6.01. The summed E-state index contributed by atoms with van der Waals surface area (Å²) in [4.78, 5) is 4.77. The molecule has 0 radical (unpaired) electrons. The quantitative estimate of drug-likeness (QED) is 0.453. The second kappa shape index (κ2) is 11.0. The minimum Gasteiger partial charge on any atom is -0.493 e. The number of rotatable bonds is 11. The normalized spacial score (nSPS) is 12.1. The van der Waals surface area contributed by atoms with Crippen LogP contribution in [0.25, 0.3) is 0 Å². The topological polar surface area (TPSA) is 49.3 Å². The van der Waals surface area contributed by atoms with Gasteiger partial charge >= 0.3 is 0 Å². The molecule has 1 rings (SSSR count). The van der Waals surface area contributed by atoms with Crippen LogP contribution in [0, 0.1) is 5.92 Å². The smallest absolute Gasteiger partial charge is 0.176 e. The van der Waals surface area contributed by atoms with Crippen LogP contribution < -0.4 is 9.47 Å². The molecule has 0 saturated heterocycles. The number of methoxy groups -OCH3 is 2. The standard InChI is InChI=1S/C19H31NO4/c1-7-23-19(24-8-2)13-20-16(11-14(3)4)15-9-10-17(21-5)18(12-15)22-6/h9-10,12,14,19H,7-8,11,13H2,1-6H3/b20-16+. The van der Waals surface area contributed by atoms with Gasteiger partial charge in [0, 0.05) is 18.9 Å². The van der Waals surface area contributed by atoms with E-state index >= 15 is 0 Å². The van der Waals surface area contributed by atoms with E-state index in [2.05, 4.69) is 13.8 Å².